The molecular weight excluding hydrogens is 290 g/mol. The number of aryl methyl sites for hydroxylation is 1. The van der Waals surface area contributed by atoms with Crippen LogP contribution in [0.25, 0.3) is 0 Å². The molecule has 1 heterocycles. The average molecular weight is 311 g/mol. The fourth-order valence-electron chi connectivity index (χ4n) is 1.92. The molecule has 23 heavy (non-hydrogen) atoms. The van der Waals surface area contributed by atoms with Gasteiger partial charge in [-0.1, -0.05) is 31.5 Å². The van der Waals surface area contributed by atoms with E-state index in [2.05, 4.69) is 15.6 Å². The first kappa shape index (κ1) is 16.7. The van der Waals surface area contributed by atoms with E-state index in [-0.39, 0.29) is 17.5 Å². The summed E-state index contributed by atoms with van der Waals surface area (Å²) in [5, 5.41) is 5.59. The van der Waals surface area contributed by atoms with Crippen LogP contribution in [0.1, 0.15) is 40.3 Å². The monoisotopic (exact) mass is 311 g/mol. The third kappa shape index (κ3) is 4.92. The standard InChI is InChI=1S/C18H21N3O2/c1-12(2)11-20-18(23)16-10-14(8-9-19-16)17(22)21-15-6-4-13(3)5-7-15/h4-10,12H,11H2,1-3H3,(H,20,23)(H,21,22). The van der Waals surface area contributed by atoms with Crippen molar-refractivity contribution in [1.82, 2.24) is 10.3 Å². The minimum Gasteiger partial charge on any atom is -0.350 e. The van der Waals surface area contributed by atoms with Gasteiger partial charge in [0.1, 0.15) is 5.69 Å². The van der Waals surface area contributed by atoms with Gasteiger partial charge < -0.3 is 10.6 Å². The van der Waals surface area contributed by atoms with Crippen LogP contribution < -0.4 is 10.6 Å². The van der Waals surface area contributed by atoms with Crippen LogP contribution >= 0.6 is 0 Å². The highest BCUT2D eigenvalue weighted by molar-refractivity contribution is 6.05. The molecule has 0 bridgehead atoms. The SMILES string of the molecule is Cc1ccc(NC(=O)c2ccnc(C(=O)NCC(C)C)c2)cc1. The zero-order valence-electron chi connectivity index (χ0n) is 13.6. The number of nitrogens with zero attached hydrogens (tertiary/aromatic N) is 1. The molecule has 2 rings (SSSR count). The minimum atomic E-state index is -0.274. The summed E-state index contributed by atoms with van der Waals surface area (Å²) in [7, 11) is 0. The summed E-state index contributed by atoms with van der Waals surface area (Å²) in [5.41, 5.74) is 2.47. The molecule has 2 N–H and O–H groups in total. The van der Waals surface area contributed by atoms with Gasteiger partial charge in [-0.05, 0) is 37.1 Å². The molecule has 5 nitrogen and oxygen atoms in total. The Bertz CT molecular complexity index is 694. The zero-order chi connectivity index (χ0) is 16.8. The van der Waals surface area contributed by atoms with Crippen LogP contribution in [-0.4, -0.2) is 23.3 Å². The first-order chi connectivity index (χ1) is 11.0. The predicted molar refractivity (Wildman–Crippen MR) is 90.5 cm³/mol. The maximum Gasteiger partial charge on any atom is 0.269 e. The molecule has 1 aromatic heterocycles. The predicted octanol–water partition coefficient (Wildman–Crippen LogP) is 3.03. The smallest absolute Gasteiger partial charge is 0.269 e. The van der Waals surface area contributed by atoms with E-state index >= 15 is 0 Å². The Morgan fingerprint density at radius 1 is 1.09 bits per heavy atom. The largest absolute Gasteiger partial charge is 0.350 e. The summed E-state index contributed by atoms with van der Waals surface area (Å²) in [4.78, 5) is 28.3. The molecule has 0 aliphatic rings. The molecule has 0 unspecified atom stereocenters. The van der Waals surface area contributed by atoms with Crippen molar-refractivity contribution in [3.63, 3.8) is 0 Å². The molecule has 0 aliphatic carbocycles. The van der Waals surface area contributed by atoms with Gasteiger partial charge in [0, 0.05) is 24.0 Å². The van der Waals surface area contributed by atoms with Crippen molar-refractivity contribution >= 4 is 17.5 Å². The van der Waals surface area contributed by atoms with Crippen molar-refractivity contribution in [2.45, 2.75) is 20.8 Å². The number of pyridine rings is 1. The van der Waals surface area contributed by atoms with E-state index in [1.807, 2.05) is 45.0 Å². The van der Waals surface area contributed by atoms with Crippen LogP contribution in [0.15, 0.2) is 42.6 Å². The highest BCUT2D eigenvalue weighted by Crippen LogP contribution is 2.11. The minimum absolute atomic E-state index is 0.238. The van der Waals surface area contributed by atoms with Gasteiger partial charge in [-0.25, -0.2) is 0 Å². The van der Waals surface area contributed by atoms with Crippen LogP contribution in [-0.2, 0) is 0 Å². The summed E-state index contributed by atoms with van der Waals surface area (Å²) >= 11 is 0. The number of carbonyl (C=O) groups is 2. The number of nitrogens with one attached hydrogen (secondary N) is 2. The topological polar surface area (TPSA) is 71.1 Å². The second-order valence-corrected chi connectivity index (χ2v) is 5.85. The van der Waals surface area contributed by atoms with Gasteiger partial charge >= 0.3 is 0 Å². The lowest BCUT2D eigenvalue weighted by molar-refractivity contribution is 0.0944. The summed E-state index contributed by atoms with van der Waals surface area (Å²) in [5.74, 6) is -0.190. The number of benzene rings is 1. The van der Waals surface area contributed by atoms with Crippen molar-refractivity contribution in [2.75, 3.05) is 11.9 Å². The van der Waals surface area contributed by atoms with E-state index in [0.717, 1.165) is 5.56 Å². The van der Waals surface area contributed by atoms with Crippen LogP contribution in [0.2, 0.25) is 0 Å². The number of carbonyl (C=O) groups excluding carboxylic acids is 2. The van der Waals surface area contributed by atoms with E-state index < -0.39 is 0 Å². The molecule has 0 atom stereocenters. The van der Waals surface area contributed by atoms with E-state index in [1.165, 1.54) is 12.3 Å². The second-order valence-electron chi connectivity index (χ2n) is 5.85. The van der Waals surface area contributed by atoms with Gasteiger partial charge in [-0.2, -0.15) is 0 Å². The Morgan fingerprint density at radius 3 is 2.43 bits per heavy atom. The molecule has 0 spiro atoms. The van der Waals surface area contributed by atoms with Crippen molar-refractivity contribution in [3.8, 4) is 0 Å². The molecule has 0 saturated heterocycles. The summed E-state index contributed by atoms with van der Waals surface area (Å²) < 4.78 is 0. The number of rotatable bonds is 5. The van der Waals surface area contributed by atoms with Crippen LogP contribution in [0.5, 0.6) is 0 Å². The van der Waals surface area contributed by atoms with Crippen molar-refractivity contribution in [3.05, 3.63) is 59.4 Å². The lowest BCUT2D eigenvalue weighted by atomic mass is 10.2. The Morgan fingerprint density at radius 2 is 1.78 bits per heavy atom. The van der Waals surface area contributed by atoms with E-state index in [0.29, 0.717) is 23.7 Å². The third-order valence-corrected chi connectivity index (χ3v) is 3.24. The van der Waals surface area contributed by atoms with Gasteiger partial charge in [0.15, 0.2) is 0 Å². The quantitative estimate of drug-likeness (QED) is 0.891. The number of amides is 2. The van der Waals surface area contributed by atoms with Gasteiger partial charge in [-0.15, -0.1) is 0 Å². The number of aromatic nitrogens is 1. The first-order valence-electron chi connectivity index (χ1n) is 7.58. The Balaban J connectivity index is 2.07. The molecule has 0 fully saturated rings. The van der Waals surface area contributed by atoms with Gasteiger partial charge in [0.2, 0.25) is 0 Å². The molecule has 0 radical (unpaired) electrons. The summed E-state index contributed by atoms with van der Waals surface area (Å²) in [6, 6.07) is 10.6. The highest BCUT2D eigenvalue weighted by atomic mass is 16.2. The molecule has 0 saturated carbocycles. The van der Waals surface area contributed by atoms with Gasteiger partial charge in [0.25, 0.3) is 11.8 Å². The van der Waals surface area contributed by atoms with Crippen LogP contribution in [0.4, 0.5) is 5.69 Å². The number of hydrogen-bond donors (Lipinski definition) is 2. The number of anilines is 1. The summed E-state index contributed by atoms with van der Waals surface area (Å²) in [6.45, 7) is 6.58. The second kappa shape index (κ2) is 7.54. The lowest BCUT2D eigenvalue weighted by Crippen LogP contribution is -2.28. The molecule has 0 aliphatic heterocycles. The van der Waals surface area contributed by atoms with Gasteiger partial charge in [0.05, 0.1) is 0 Å². The average Bonchev–Trinajstić information content (AvgIpc) is 2.54. The maximum atomic E-state index is 12.3. The number of hydrogen-bond acceptors (Lipinski definition) is 3. The van der Waals surface area contributed by atoms with Crippen LogP contribution in [0.3, 0.4) is 0 Å². The molecule has 120 valence electrons. The Kier molecular flexibility index (Phi) is 5.46. The fourth-order valence-corrected chi connectivity index (χ4v) is 1.92. The highest BCUT2D eigenvalue weighted by Gasteiger charge is 2.12. The van der Waals surface area contributed by atoms with E-state index in [9.17, 15) is 9.59 Å². The Labute approximate surface area is 136 Å². The van der Waals surface area contributed by atoms with Crippen molar-refractivity contribution in [1.29, 1.82) is 0 Å². The van der Waals surface area contributed by atoms with Gasteiger partial charge in [-0.3, -0.25) is 14.6 Å². The molecule has 1 aromatic carbocycles. The molecule has 2 aromatic rings. The van der Waals surface area contributed by atoms with E-state index in [1.54, 1.807) is 6.07 Å². The first-order valence-corrected chi connectivity index (χ1v) is 7.58. The molecule has 2 amide bonds. The zero-order valence-corrected chi connectivity index (χ0v) is 13.6. The Hall–Kier alpha value is -2.69. The van der Waals surface area contributed by atoms with E-state index in [4.69, 9.17) is 0 Å². The van der Waals surface area contributed by atoms with Crippen molar-refractivity contribution < 1.29 is 9.59 Å². The fraction of sp³-hybridized carbons (Fsp3) is 0.278. The maximum absolute atomic E-state index is 12.3. The third-order valence-electron chi connectivity index (χ3n) is 3.24. The van der Waals surface area contributed by atoms with Crippen LogP contribution in [0, 0.1) is 12.8 Å². The molecular formula is C18H21N3O2. The lowest BCUT2D eigenvalue weighted by Gasteiger charge is -2.09. The normalized spacial score (nSPS) is 10.4. The molecule has 5 heteroatoms. The summed E-state index contributed by atoms with van der Waals surface area (Å²) in [6.07, 6.45) is 1.47. The van der Waals surface area contributed by atoms with Crippen molar-refractivity contribution in [2.24, 2.45) is 5.92 Å².